The van der Waals surface area contributed by atoms with E-state index in [0.29, 0.717) is 70.7 Å². The lowest BCUT2D eigenvalue weighted by Crippen LogP contribution is -2.42. The van der Waals surface area contributed by atoms with Crippen molar-refractivity contribution in [3.05, 3.63) is 130 Å². The van der Waals surface area contributed by atoms with Crippen LogP contribution in [0.4, 0.5) is 28.4 Å². The molecule has 0 bridgehead atoms. The van der Waals surface area contributed by atoms with Gasteiger partial charge in [0.25, 0.3) is 23.6 Å². The molecule has 5 aromatic rings. The third-order valence-corrected chi connectivity index (χ3v) is 12.8. The zero-order valence-corrected chi connectivity index (χ0v) is 37.1. The molecule has 5 aromatic carbocycles. The van der Waals surface area contributed by atoms with Crippen molar-refractivity contribution in [2.45, 2.75) is 70.7 Å². The van der Waals surface area contributed by atoms with Gasteiger partial charge in [0.05, 0.1) is 35.7 Å². The van der Waals surface area contributed by atoms with Crippen molar-refractivity contribution in [3.63, 3.8) is 0 Å². The van der Waals surface area contributed by atoms with E-state index in [0.717, 1.165) is 39.2 Å². The zero-order chi connectivity index (χ0) is 46.5. The minimum atomic E-state index is -0.696. The van der Waals surface area contributed by atoms with Gasteiger partial charge in [-0.05, 0) is 83.6 Å². The molecule has 0 spiro atoms. The van der Waals surface area contributed by atoms with E-state index in [1.165, 1.54) is 7.11 Å². The average Bonchev–Trinajstić information content (AvgIpc) is 3.96. The maximum Gasteiger partial charge on any atom is 0.333 e. The first-order valence-electron chi connectivity index (χ1n) is 22.1. The van der Waals surface area contributed by atoms with Crippen LogP contribution in [0.25, 0.3) is 0 Å². The normalized spacial score (nSPS) is 17.7. The number of anilines is 4. The Morgan fingerprint density at radius 1 is 0.761 bits per heavy atom. The lowest BCUT2D eigenvalue weighted by atomic mass is 10.1. The number of benzene rings is 5. The summed E-state index contributed by atoms with van der Waals surface area (Å²) in [6.07, 6.45) is 3.27. The first-order chi connectivity index (χ1) is 32.4. The summed E-state index contributed by atoms with van der Waals surface area (Å²) in [6.45, 7) is 2.49. The molecule has 0 radical (unpaired) electrons. The van der Waals surface area contributed by atoms with Crippen molar-refractivity contribution < 1.29 is 47.8 Å². The van der Waals surface area contributed by atoms with Crippen LogP contribution in [0.2, 0.25) is 0 Å². The highest BCUT2D eigenvalue weighted by Gasteiger charge is 2.42. The van der Waals surface area contributed by atoms with Crippen LogP contribution >= 0.6 is 0 Å². The second-order valence-corrected chi connectivity index (χ2v) is 17.2. The largest absolute Gasteiger partial charge is 0.493 e. The maximum atomic E-state index is 14.0. The van der Waals surface area contributed by atoms with Crippen molar-refractivity contribution in [2.24, 2.45) is 4.99 Å². The highest BCUT2D eigenvalue weighted by molar-refractivity contribution is 6.20. The van der Waals surface area contributed by atoms with Crippen molar-refractivity contribution >= 4 is 70.2 Å². The van der Waals surface area contributed by atoms with Gasteiger partial charge < -0.3 is 29.3 Å². The molecular weight excluding hydrogens is 857 g/mol. The number of hydrogen-bond donors (Lipinski definition) is 1. The fourth-order valence-corrected chi connectivity index (χ4v) is 9.35. The fraction of sp³-hybridized carbons (Fsp3) is 0.275. The number of carbonyl (C=O) groups is 6. The van der Waals surface area contributed by atoms with Crippen LogP contribution in [0.15, 0.2) is 96.0 Å². The monoisotopic (exact) mass is 902 g/mol. The average molecular weight is 903 g/mol. The Kier molecular flexibility index (Phi) is 11.2. The lowest BCUT2D eigenvalue weighted by molar-refractivity contribution is -0.197. The molecule has 16 heteroatoms. The van der Waals surface area contributed by atoms with Crippen molar-refractivity contribution in [3.8, 4) is 17.2 Å². The summed E-state index contributed by atoms with van der Waals surface area (Å²) in [5, 5.41) is 3.50. The van der Waals surface area contributed by atoms with Gasteiger partial charge in [-0.2, -0.15) is 0 Å². The Morgan fingerprint density at radius 2 is 1.42 bits per heavy atom. The van der Waals surface area contributed by atoms with E-state index < -0.39 is 23.8 Å². The van der Waals surface area contributed by atoms with Crippen LogP contribution in [-0.2, 0) is 50.1 Å². The molecule has 0 unspecified atom stereocenters. The number of rotatable bonds is 13. The highest BCUT2D eigenvalue weighted by Crippen LogP contribution is 2.42. The molecule has 5 aliphatic rings. The van der Waals surface area contributed by atoms with Gasteiger partial charge in [0.1, 0.15) is 25.0 Å². The number of carbonyl (C=O) groups excluding carboxylic acids is 6. The summed E-state index contributed by atoms with van der Waals surface area (Å²) in [5.74, 6) is -1.33. The Bertz CT molecular complexity index is 2930. The van der Waals surface area contributed by atoms with Crippen LogP contribution in [-0.4, -0.2) is 79.6 Å². The third kappa shape index (κ3) is 8.08. The number of methoxy groups -OCH3 is 1. The number of fused-ring (bicyclic) bond motifs is 8. The second-order valence-electron chi connectivity index (χ2n) is 17.2. The number of ether oxygens (including phenoxy) is 3. The number of para-hydroxylation sites is 2. The van der Waals surface area contributed by atoms with E-state index in [2.05, 4.69) is 5.32 Å². The summed E-state index contributed by atoms with van der Waals surface area (Å²) in [5.41, 5.74) is 8.30. The SMILES string of the molecule is COc1cc2c(cc1OCc1cc(COc3cc4c(cc3C)C(=O)N3c5ccccc5C[C@H]3C=N4)cc(N(C)CCCC(=O)ON3C(=O)CCC3=O)c1)NC(=O)[C@@H]1Cc3ccccc3N1C2=O. The summed E-state index contributed by atoms with van der Waals surface area (Å²) >= 11 is 0. The Hall–Kier alpha value is -8.01. The number of aryl methyl sites for hydroxylation is 1. The molecule has 1 fully saturated rings. The standard InChI is InChI=1S/C51H46N6O10/c1-29-17-36-38(52-26-35-21-32-9-4-6-11-40(32)55(35)50(36)62)24-43(29)65-27-30-18-31(20-34(19-30)54(2)16-8-13-48(60)67-57-46(58)14-15-47(57)59)28-66-45-25-39-37(23-44(45)64-3)51(63)56-41-12-7-5-10-33(41)22-42(56)49(61)53-39/h4-7,9-12,17-20,23-26,35,42H,8,13-16,21-22,27-28H2,1-3H3,(H,53,61)/t35-,42-/m0/s1. The lowest BCUT2D eigenvalue weighted by Gasteiger charge is -2.22. The van der Waals surface area contributed by atoms with Crippen LogP contribution < -0.4 is 34.2 Å². The number of hydroxylamine groups is 2. The van der Waals surface area contributed by atoms with E-state index in [1.807, 2.05) is 103 Å². The van der Waals surface area contributed by atoms with E-state index in [-0.39, 0.29) is 61.8 Å². The van der Waals surface area contributed by atoms with Crippen LogP contribution in [0.5, 0.6) is 17.2 Å². The molecule has 67 heavy (non-hydrogen) atoms. The predicted molar refractivity (Wildman–Crippen MR) is 247 cm³/mol. The van der Waals surface area contributed by atoms with Crippen molar-refractivity contribution in [2.75, 3.05) is 40.7 Å². The van der Waals surface area contributed by atoms with Gasteiger partial charge in [-0.3, -0.25) is 38.8 Å². The van der Waals surface area contributed by atoms with E-state index in [9.17, 15) is 28.8 Å². The molecule has 1 saturated heterocycles. The molecule has 10 rings (SSSR count). The second kappa shape index (κ2) is 17.4. The Morgan fingerprint density at radius 3 is 2.13 bits per heavy atom. The molecule has 1 N–H and O–H groups in total. The first kappa shape index (κ1) is 42.9. The molecular formula is C51H46N6O10. The van der Waals surface area contributed by atoms with Crippen LogP contribution in [0.3, 0.4) is 0 Å². The molecule has 16 nitrogen and oxygen atoms in total. The minimum Gasteiger partial charge on any atom is -0.493 e. The molecule has 5 amide bonds. The van der Waals surface area contributed by atoms with Gasteiger partial charge in [0.2, 0.25) is 5.91 Å². The highest BCUT2D eigenvalue weighted by atomic mass is 16.7. The summed E-state index contributed by atoms with van der Waals surface area (Å²) in [4.78, 5) is 93.3. The first-order valence-corrected chi connectivity index (χ1v) is 22.1. The number of aliphatic imine (C=N–C) groups is 1. The summed E-state index contributed by atoms with van der Waals surface area (Å²) < 4.78 is 18.6. The number of nitrogens with zero attached hydrogens (tertiary/aromatic N) is 5. The Balaban J connectivity index is 0.892. The van der Waals surface area contributed by atoms with E-state index in [4.69, 9.17) is 24.0 Å². The fourth-order valence-electron chi connectivity index (χ4n) is 9.35. The molecule has 340 valence electrons. The number of hydrogen-bond acceptors (Lipinski definition) is 12. The van der Waals surface area contributed by atoms with E-state index >= 15 is 0 Å². The molecule has 5 heterocycles. The third-order valence-electron chi connectivity index (χ3n) is 12.8. The predicted octanol–water partition coefficient (Wildman–Crippen LogP) is 6.80. The Labute approximate surface area is 385 Å². The summed E-state index contributed by atoms with van der Waals surface area (Å²) in [6, 6.07) is 27.2. The number of amides is 5. The van der Waals surface area contributed by atoms with Crippen molar-refractivity contribution in [1.82, 2.24) is 5.06 Å². The molecule has 0 saturated carbocycles. The zero-order valence-electron chi connectivity index (χ0n) is 37.1. The van der Waals surface area contributed by atoms with Crippen molar-refractivity contribution in [1.29, 1.82) is 0 Å². The topological polar surface area (TPSA) is 177 Å². The maximum absolute atomic E-state index is 14.0. The van der Waals surface area contributed by atoms with Gasteiger partial charge in [-0.15, -0.1) is 5.06 Å². The van der Waals surface area contributed by atoms with Crippen LogP contribution in [0, 0.1) is 6.92 Å². The van der Waals surface area contributed by atoms with E-state index in [1.54, 1.807) is 23.1 Å². The molecule has 0 aliphatic carbocycles. The van der Waals surface area contributed by atoms with Gasteiger partial charge in [-0.25, -0.2) is 4.79 Å². The van der Waals surface area contributed by atoms with Gasteiger partial charge in [0, 0.05) is 81.1 Å². The van der Waals surface area contributed by atoms with Gasteiger partial charge in [0.15, 0.2) is 11.5 Å². The van der Waals surface area contributed by atoms with Crippen LogP contribution in [0.1, 0.15) is 74.2 Å². The molecule has 0 aromatic heterocycles. The smallest absolute Gasteiger partial charge is 0.333 e. The van der Waals surface area contributed by atoms with Gasteiger partial charge >= 0.3 is 5.97 Å². The number of nitrogens with one attached hydrogen (secondary N) is 1. The molecule has 2 atom stereocenters. The quantitative estimate of drug-likeness (QED) is 0.123. The summed E-state index contributed by atoms with van der Waals surface area (Å²) in [7, 11) is 3.36. The minimum absolute atomic E-state index is 0.0132. The van der Waals surface area contributed by atoms with Gasteiger partial charge in [-0.1, -0.05) is 36.4 Å². The molecule has 5 aliphatic heterocycles. The number of imide groups is 1.